The van der Waals surface area contributed by atoms with Gasteiger partial charge in [0.15, 0.2) is 0 Å². The third-order valence-corrected chi connectivity index (χ3v) is 6.14. The fourth-order valence-corrected chi connectivity index (χ4v) is 4.93. The van der Waals surface area contributed by atoms with Crippen LogP contribution in [0.1, 0.15) is 28.5 Å². The maximum Gasteiger partial charge on any atom is 0.122 e. The van der Waals surface area contributed by atoms with E-state index in [2.05, 4.69) is 35.7 Å². The van der Waals surface area contributed by atoms with E-state index in [4.69, 9.17) is 4.74 Å². The molecule has 0 spiro atoms. The zero-order chi connectivity index (χ0) is 14.2. The van der Waals surface area contributed by atoms with Crippen LogP contribution in [0.3, 0.4) is 0 Å². The number of rotatable bonds is 4. The lowest BCUT2D eigenvalue weighted by Crippen LogP contribution is -1.97. The third kappa shape index (κ3) is 2.59. The number of hydrogen-bond donors (Lipinski definition) is 1. The molecule has 0 aliphatic carbocycles. The Labute approximate surface area is 131 Å². The van der Waals surface area contributed by atoms with Crippen LogP contribution in [0.15, 0.2) is 35.7 Å². The number of aryl methyl sites for hydroxylation is 1. The van der Waals surface area contributed by atoms with E-state index in [-0.39, 0.29) is 6.10 Å². The molecule has 108 valence electrons. The summed E-state index contributed by atoms with van der Waals surface area (Å²) in [5, 5.41) is 12.5. The van der Waals surface area contributed by atoms with E-state index < -0.39 is 0 Å². The highest BCUT2D eigenvalue weighted by molar-refractivity contribution is 7.26. The van der Waals surface area contributed by atoms with Crippen molar-refractivity contribution >= 4 is 32.1 Å². The summed E-state index contributed by atoms with van der Waals surface area (Å²) in [5.74, 6) is 1.03. The molecule has 1 aromatic carbocycles. The van der Waals surface area contributed by atoms with Gasteiger partial charge in [-0.1, -0.05) is 12.1 Å². The van der Waals surface area contributed by atoms with Gasteiger partial charge < -0.3 is 9.84 Å². The van der Waals surface area contributed by atoms with Gasteiger partial charge in [0.2, 0.25) is 0 Å². The number of thiophene rings is 2. The van der Waals surface area contributed by atoms with Crippen LogP contribution in [0.25, 0.3) is 9.40 Å². The van der Waals surface area contributed by atoms with Gasteiger partial charge in [-0.25, -0.2) is 0 Å². The van der Waals surface area contributed by atoms with Crippen molar-refractivity contribution < 1.29 is 9.84 Å². The molecular weight excluding hydrogens is 300 g/mol. The molecule has 0 radical (unpaired) electrons. The summed E-state index contributed by atoms with van der Waals surface area (Å²) in [6, 6.07) is 10.7. The molecule has 21 heavy (non-hydrogen) atoms. The second-order valence-electron chi connectivity index (χ2n) is 5.39. The smallest absolute Gasteiger partial charge is 0.122 e. The average molecular weight is 316 g/mol. The molecule has 1 aliphatic rings. The Kier molecular flexibility index (Phi) is 3.45. The van der Waals surface area contributed by atoms with E-state index >= 15 is 0 Å². The van der Waals surface area contributed by atoms with Crippen molar-refractivity contribution in [1.82, 2.24) is 0 Å². The number of fused-ring (bicyclic) bond motifs is 2. The van der Waals surface area contributed by atoms with E-state index in [1.54, 1.807) is 22.7 Å². The molecule has 1 N–H and O–H groups in total. The van der Waals surface area contributed by atoms with E-state index in [0.717, 1.165) is 36.5 Å². The van der Waals surface area contributed by atoms with E-state index in [1.165, 1.54) is 20.5 Å². The Morgan fingerprint density at radius 3 is 3.05 bits per heavy atom. The van der Waals surface area contributed by atoms with Gasteiger partial charge in [-0.3, -0.25) is 0 Å². The summed E-state index contributed by atoms with van der Waals surface area (Å²) in [7, 11) is 0. The summed E-state index contributed by atoms with van der Waals surface area (Å²) in [5.41, 5.74) is 2.59. The largest absolute Gasteiger partial charge is 0.493 e. The van der Waals surface area contributed by atoms with Crippen LogP contribution in [0.5, 0.6) is 5.75 Å². The van der Waals surface area contributed by atoms with Gasteiger partial charge in [0, 0.05) is 20.7 Å². The molecule has 0 amide bonds. The average Bonchev–Trinajstić information content (AvgIpc) is 3.18. The van der Waals surface area contributed by atoms with Gasteiger partial charge in [-0.05, 0) is 47.5 Å². The first-order valence-electron chi connectivity index (χ1n) is 7.19. The first kappa shape index (κ1) is 13.3. The Bertz CT molecular complexity index is 744. The molecule has 2 nitrogen and oxygen atoms in total. The fourth-order valence-electron chi connectivity index (χ4n) is 2.79. The van der Waals surface area contributed by atoms with Crippen molar-refractivity contribution in [3.05, 3.63) is 51.7 Å². The lowest BCUT2D eigenvalue weighted by atomic mass is 10.0. The van der Waals surface area contributed by atoms with Crippen LogP contribution in [0.2, 0.25) is 0 Å². The molecule has 0 fully saturated rings. The predicted octanol–water partition coefficient (Wildman–Crippen LogP) is 4.56. The quantitative estimate of drug-likeness (QED) is 0.764. The zero-order valence-electron chi connectivity index (χ0n) is 11.5. The second kappa shape index (κ2) is 5.44. The van der Waals surface area contributed by atoms with Crippen LogP contribution in [0, 0.1) is 0 Å². The highest BCUT2D eigenvalue weighted by Gasteiger charge is 2.15. The number of benzene rings is 1. The van der Waals surface area contributed by atoms with Gasteiger partial charge in [0.05, 0.1) is 12.7 Å². The molecule has 1 unspecified atom stereocenters. The highest BCUT2D eigenvalue weighted by atomic mass is 32.1. The number of hydrogen-bond acceptors (Lipinski definition) is 4. The van der Waals surface area contributed by atoms with Gasteiger partial charge in [0.1, 0.15) is 5.75 Å². The summed E-state index contributed by atoms with van der Waals surface area (Å²) in [6.45, 7) is 0.799. The van der Waals surface area contributed by atoms with Crippen molar-refractivity contribution in [1.29, 1.82) is 0 Å². The Balaban J connectivity index is 1.45. The Morgan fingerprint density at radius 2 is 2.14 bits per heavy atom. The van der Waals surface area contributed by atoms with Crippen LogP contribution in [-0.4, -0.2) is 11.7 Å². The van der Waals surface area contributed by atoms with E-state index in [0.29, 0.717) is 0 Å². The maximum atomic E-state index is 10.4. The topological polar surface area (TPSA) is 29.5 Å². The monoisotopic (exact) mass is 316 g/mol. The highest BCUT2D eigenvalue weighted by Crippen LogP contribution is 2.35. The van der Waals surface area contributed by atoms with Crippen molar-refractivity contribution in [2.45, 2.75) is 25.4 Å². The van der Waals surface area contributed by atoms with Gasteiger partial charge in [-0.15, -0.1) is 22.7 Å². The third-order valence-electron chi connectivity index (χ3n) is 3.95. The van der Waals surface area contributed by atoms with Gasteiger partial charge in [-0.2, -0.15) is 0 Å². The van der Waals surface area contributed by atoms with Crippen LogP contribution in [0.4, 0.5) is 0 Å². The predicted molar refractivity (Wildman–Crippen MR) is 88.6 cm³/mol. The first-order chi connectivity index (χ1) is 10.3. The van der Waals surface area contributed by atoms with E-state index in [1.807, 2.05) is 0 Å². The minimum Gasteiger partial charge on any atom is -0.493 e. The lowest BCUT2D eigenvalue weighted by Gasteiger charge is -2.09. The fraction of sp³-hybridized carbons (Fsp3) is 0.294. The molecule has 0 saturated heterocycles. The minimum atomic E-state index is -0.362. The molecule has 2 aromatic heterocycles. The van der Waals surface area contributed by atoms with Gasteiger partial charge >= 0.3 is 0 Å². The summed E-state index contributed by atoms with van der Waals surface area (Å²) in [4.78, 5) is 1.08. The number of ether oxygens (including phenoxy) is 1. The molecule has 0 bridgehead atoms. The minimum absolute atomic E-state index is 0.362. The van der Waals surface area contributed by atoms with Crippen molar-refractivity contribution in [2.24, 2.45) is 0 Å². The van der Waals surface area contributed by atoms with E-state index in [9.17, 15) is 5.11 Å². The summed E-state index contributed by atoms with van der Waals surface area (Å²) < 4.78 is 8.09. The van der Waals surface area contributed by atoms with Crippen LogP contribution in [-0.2, 0) is 12.8 Å². The second-order valence-corrected chi connectivity index (χ2v) is 7.46. The summed E-state index contributed by atoms with van der Waals surface area (Å²) >= 11 is 3.45. The zero-order valence-corrected chi connectivity index (χ0v) is 13.2. The Morgan fingerprint density at radius 1 is 1.19 bits per heavy atom. The SMILES string of the molecule is OC(CCc1ccc2c(c1)CCO2)c1cc2sccc2s1. The van der Waals surface area contributed by atoms with Gasteiger partial charge in [0.25, 0.3) is 0 Å². The molecule has 1 aliphatic heterocycles. The molecule has 3 aromatic rings. The summed E-state index contributed by atoms with van der Waals surface area (Å²) in [6.07, 6.45) is 2.32. The van der Waals surface area contributed by atoms with Crippen LogP contribution < -0.4 is 4.74 Å². The van der Waals surface area contributed by atoms with Crippen molar-refractivity contribution in [3.8, 4) is 5.75 Å². The molecule has 0 saturated carbocycles. The van der Waals surface area contributed by atoms with Crippen molar-refractivity contribution in [2.75, 3.05) is 6.61 Å². The molecule has 3 heterocycles. The molecule has 4 heteroatoms. The Hall–Kier alpha value is -1.36. The maximum absolute atomic E-state index is 10.4. The number of aliphatic hydroxyl groups excluding tert-OH is 1. The van der Waals surface area contributed by atoms with Crippen molar-refractivity contribution in [3.63, 3.8) is 0 Å². The van der Waals surface area contributed by atoms with Crippen LogP contribution >= 0.6 is 22.7 Å². The molecule has 1 atom stereocenters. The first-order valence-corrected chi connectivity index (χ1v) is 8.89. The molecular formula is C17H16O2S2. The lowest BCUT2D eigenvalue weighted by molar-refractivity contribution is 0.171. The standard InChI is InChI=1S/C17H16O2S2/c18-13(16-10-17-15(21-16)6-8-20-17)3-1-11-2-4-14-12(9-11)5-7-19-14/h2,4,6,8-10,13,18H,1,3,5,7H2. The number of aliphatic hydroxyl groups is 1. The molecule has 4 rings (SSSR count). The normalized spacial score (nSPS) is 15.1.